The van der Waals surface area contributed by atoms with Gasteiger partial charge in [0.1, 0.15) is 6.29 Å². The van der Waals surface area contributed by atoms with Crippen molar-refractivity contribution >= 4 is 6.29 Å². The number of hydrogen-bond donors (Lipinski definition) is 0. The number of rotatable bonds is 4. The van der Waals surface area contributed by atoms with Crippen LogP contribution in [0.15, 0.2) is 0 Å². The summed E-state index contributed by atoms with van der Waals surface area (Å²) in [4.78, 5) is 10.5. The Kier molecular flexibility index (Phi) is 2.12. The Morgan fingerprint density at radius 3 is 2.40 bits per heavy atom. The van der Waals surface area contributed by atoms with Crippen LogP contribution in [0.3, 0.4) is 0 Å². The Bertz CT molecular complexity index is 123. The normalized spacial score (nSPS) is 21.1. The molecule has 1 rings (SSSR count). The van der Waals surface area contributed by atoms with Gasteiger partial charge in [-0.3, -0.25) is 0 Å². The van der Waals surface area contributed by atoms with Crippen LogP contribution >= 0.6 is 0 Å². The highest BCUT2D eigenvalue weighted by molar-refractivity contribution is 5.63. The molecule has 1 aliphatic rings. The van der Waals surface area contributed by atoms with Gasteiger partial charge in [-0.25, -0.2) is 0 Å². The van der Waals surface area contributed by atoms with Crippen molar-refractivity contribution < 1.29 is 4.79 Å². The minimum absolute atomic E-state index is 0.143. The highest BCUT2D eigenvalue weighted by Gasteiger charge is 2.41. The molecule has 0 saturated heterocycles. The van der Waals surface area contributed by atoms with Gasteiger partial charge in [0.15, 0.2) is 0 Å². The Hall–Kier alpha value is -0.330. The van der Waals surface area contributed by atoms with E-state index in [1.165, 1.54) is 6.42 Å². The molecule has 10 heavy (non-hydrogen) atoms. The summed E-state index contributed by atoms with van der Waals surface area (Å²) >= 11 is 0. The maximum Gasteiger partial charge on any atom is 0.126 e. The minimum atomic E-state index is 0.143. The third kappa shape index (κ3) is 1.83. The molecule has 0 aromatic heterocycles. The summed E-state index contributed by atoms with van der Waals surface area (Å²) in [6.45, 7) is 4.42. The Balaban J connectivity index is 2.19. The summed E-state index contributed by atoms with van der Waals surface area (Å²) in [6, 6.07) is 0. The summed E-state index contributed by atoms with van der Waals surface area (Å²) in [5.41, 5.74) is 0.143. The van der Waals surface area contributed by atoms with Crippen LogP contribution in [-0.2, 0) is 4.79 Å². The molecule has 0 aromatic rings. The third-order valence-corrected chi connectivity index (χ3v) is 2.36. The monoisotopic (exact) mass is 140 g/mol. The van der Waals surface area contributed by atoms with Crippen LogP contribution < -0.4 is 0 Å². The maximum absolute atomic E-state index is 10.5. The Morgan fingerprint density at radius 2 is 2.10 bits per heavy atom. The second-order valence-electron chi connectivity index (χ2n) is 3.91. The first-order valence-electron chi connectivity index (χ1n) is 4.15. The molecule has 0 bridgehead atoms. The van der Waals surface area contributed by atoms with Crippen molar-refractivity contribution in [3.63, 3.8) is 0 Å². The Morgan fingerprint density at radius 1 is 1.50 bits per heavy atom. The van der Waals surface area contributed by atoms with Gasteiger partial charge in [0, 0.05) is 5.41 Å². The quantitative estimate of drug-likeness (QED) is 0.548. The van der Waals surface area contributed by atoms with Gasteiger partial charge in [0.2, 0.25) is 0 Å². The minimum Gasteiger partial charge on any atom is -0.303 e. The van der Waals surface area contributed by atoms with E-state index in [9.17, 15) is 4.79 Å². The standard InChI is InChI=1S/C9H16O/c1-8(2)3-4-9(7-10)5-6-9/h7-8H,3-6H2,1-2H3. The molecule has 1 heteroatoms. The fraction of sp³-hybridized carbons (Fsp3) is 0.889. The van der Waals surface area contributed by atoms with Gasteiger partial charge in [-0.1, -0.05) is 20.3 Å². The molecule has 1 fully saturated rings. The van der Waals surface area contributed by atoms with Crippen LogP contribution in [0.5, 0.6) is 0 Å². The van der Waals surface area contributed by atoms with Crippen molar-refractivity contribution in [3.8, 4) is 0 Å². The lowest BCUT2D eigenvalue weighted by Gasteiger charge is -2.07. The van der Waals surface area contributed by atoms with Crippen LogP contribution in [0.1, 0.15) is 39.5 Å². The van der Waals surface area contributed by atoms with E-state index in [2.05, 4.69) is 13.8 Å². The molecule has 0 unspecified atom stereocenters. The van der Waals surface area contributed by atoms with Crippen molar-refractivity contribution in [3.05, 3.63) is 0 Å². The first kappa shape index (κ1) is 7.77. The molecule has 0 aliphatic heterocycles. The van der Waals surface area contributed by atoms with Crippen LogP contribution in [0.4, 0.5) is 0 Å². The molecule has 0 heterocycles. The largest absolute Gasteiger partial charge is 0.303 e. The summed E-state index contributed by atoms with van der Waals surface area (Å²) < 4.78 is 0. The fourth-order valence-electron chi connectivity index (χ4n) is 1.16. The van der Waals surface area contributed by atoms with E-state index in [1.807, 2.05) is 0 Å². The molecular formula is C9H16O. The van der Waals surface area contributed by atoms with Crippen molar-refractivity contribution in [2.24, 2.45) is 11.3 Å². The molecule has 0 atom stereocenters. The van der Waals surface area contributed by atoms with Crippen molar-refractivity contribution in [2.75, 3.05) is 0 Å². The molecular weight excluding hydrogens is 124 g/mol. The van der Waals surface area contributed by atoms with Crippen molar-refractivity contribution in [1.82, 2.24) is 0 Å². The molecule has 0 spiro atoms. The smallest absolute Gasteiger partial charge is 0.126 e. The van der Waals surface area contributed by atoms with Gasteiger partial charge in [0.25, 0.3) is 0 Å². The van der Waals surface area contributed by atoms with E-state index in [-0.39, 0.29) is 5.41 Å². The molecule has 1 saturated carbocycles. The topological polar surface area (TPSA) is 17.1 Å². The average molecular weight is 140 g/mol. The van der Waals surface area contributed by atoms with Crippen LogP contribution in [0.25, 0.3) is 0 Å². The van der Waals surface area contributed by atoms with Crippen molar-refractivity contribution in [2.45, 2.75) is 39.5 Å². The van der Waals surface area contributed by atoms with Crippen molar-refractivity contribution in [1.29, 1.82) is 0 Å². The van der Waals surface area contributed by atoms with Crippen LogP contribution in [0, 0.1) is 11.3 Å². The first-order valence-corrected chi connectivity index (χ1v) is 4.15. The number of hydrogen-bond acceptors (Lipinski definition) is 1. The maximum atomic E-state index is 10.5. The summed E-state index contributed by atoms with van der Waals surface area (Å²) in [5.74, 6) is 0.748. The lowest BCUT2D eigenvalue weighted by atomic mass is 9.97. The number of carbonyl (C=O) groups is 1. The van der Waals surface area contributed by atoms with Gasteiger partial charge in [0.05, 0.1) is 0 Å². The molecule has 58 valence electrons. The van der Waals surface area contributed by atoms with E-state index >= 15 is 0 Å². The second kappa shape index (κ2) is 2.73. The van der Waals surface area contributed by atoms with Crippen LogP contribution in [-0.4, -0.2) is 6.29 Å². The zero-order chi connectivity index (χ0) is 7.61. The summed E-state index contributed by atoms with van der Waals surface area (Å²) in [7, 11) is 0. The molecule has 0 radical (unpaired) electrons. The van der Waals surface area contributed by atoms with E-state index in [4.69, 9.17) is 0 Å². The average Bonchev–Trinajstić information content (AvgIpc) is 2.64. The fourth-order valence-corrected chi connectivity index (χ4v) is 1.16. The lowest BCUT2D eigenvalue weighted by Crippen LogP contribution is -2.03. The lowest BCUT2D eigenvalue weighted by molar-refractivity contribution is -0.112. The van der Waals surface area contributed by atoms with E-state index in [0.717, 1.165) is 31.5 Å². The molecule has 1 aliphatic carbocycles. The highest BCUT2D eigenvalue weighted by atomic mass is 16.1. The molecule has 0 amide bonds. The highest BCUT2D eigenvalue weighted by Crippen LogP contribution is 2.47. The van der Waals surface area contributed by atoms with E-state index in [1.54, 1.807) is 0 Å². The third-order valence-electron chi connectivity index (χ3n) is 2.36. The van der Waals surface area contributed by atoms with Gasteiger partial charge >= 0.3 is 0 Å². The Labute approximate surface area is 62.8 Å². The molecule has 0 aromatic carbocycles. The van der Waals surface area contributed by atoms with Gasteiger partial charge < -0.3 is 4.79 Å². The predicted molar refractivity (Wildman–Crippen MR) is 41.8 cm³/mol. The SMILES string of the molecule is CC(C)CCC1(C=O)CC1. The van der Waals surface area contributed by atoms with Crippen LogP contribution in [0.2, 0.25) is 0 Å². The summed E-state index contributed by atoms with van der Waals surface area (Å²) in [6.07, 6.45) is 5.77. The van der Waals surface area contributed by atoms with E-state index in [0.29, 0.717) is 0 Å². The second-order valence-corrected chi connectivity index (χ2v) is 3.91. The molecule has 1 nitrogen and oxygen atoms in total. The van der Waals surface area contributed by atoms with Gasteiger partial charge in [-0.15, -0.1) is 0 Å². The summed E-state index contributed by atoms with van der Waals surface area (Å²) in [5, 5.41) is 0. The first-order chi connectivity index (χ1) is 4.68. The number of aldehydes is 1. The van der Waals surface area contributed by atoms with Gasteiger partial charge in [-0.05, 0) is 25.2 Å². The predicted octanol–water partition coefficient (Wildman–Crippen LogP) is 2.40. The van der Waals surface area contributed by atoms with Gasteiger partial charge in [-0.2, -0.15) is 0 Å². The zero-order valence-corrected chi connectivity index (χ0v) is 6.89. The van der Waals surface area contributed by atoms with E-state index < -0.39 is 0 Å². The zero-order valence-electron chi connectivity index (χ0n) is 6.89. The molecule has 0 N–H and O–H groups in total. The number of carbonyl (C=O) groups excluding carboxylic acids is 1.